The summed E-state index contributed by atoms with van der Waals surface area (Å²) in [7, 11) is 0. The van der Waals surface area contributed by atoms with Crippen LogP contribution in [0.1, 0.15) is 42.1 Å². The maximum absolute atomic E-state index is 12.6. The molecule has 5 atom stereocenters. The Kier molecular flexibility index (Phi) is 5.28. The van der Waals surface area contributed by atoms with Gasteiger partial charge in [0.15, 0.2) is 0 Å². The van der Waals surface area contributed by atoms with Gasteiger partial charge in [-0.15, -0.1) is 0 Å². The van der Waals surface area contributed by atoms with Crippen molar-refractivity contribution in [3.8, 4) is 6.07 Å². The zero-order chi connectivity index (χ0) is 19.7. The molecule has 0 spiro atoms. The van der Waals surface area contributed by atoms with Crippen LogP contribution in [0.2, 0.25) is 5.02 Å². The SMILES string of the molecule is CC[C@@H](NC(=O)c1ccc(Cl)cc1)[C@H]1[C@@H]2C[C@@H](Nc3ccccc3C#N)C[C@@H]21. The fraction of sp³-hybridized carbons (Fsp3) is 0.391. The highest BCUT2D eigenvalue weighted by Gasteiger charge is 2.58. The molecular formula is C23H24ClN3O. The summed E-state index contributed by atoms with van der Waals surface area (Å²) >= 11 is 5.91. The molecule has 2 aliphatic rings. The summed E-state index contributed by atoms with van der Waals surface area (Å²) < 4.78 is 0. The molecule has 28 heavy (non-hydrogen) atoms. The molecule has 2 aliphatic carbocycles. The van der Waals surface area contributed by atoms with E-state index in [0.717, 1.165) is 24.9 Å². The Morgan fingerprint density at radius 1 is 1.18 bits per heavy atom. The zero-order valence-electron chi connectivity index (χ0n) is 15.9. The van der Waals surface area contributed by atoms with E-state index in [2.05, 4.69) is 23.6 Å². The Balaban J connectivity index is 1.33. The fourth-order valence-corrected chi connectivity index (χ4v) is 4.98. The van der Waals surface area contributed by atoms with Gasteiger partial charge in [-0.05, 0) is 73.4 Å². The average Bonchev–Trinajstić information content (AvgIpc) is 3.20. The van der Waals surface area contributed by atoms with Crippen LogP contribution < -0.4 is 10.6 Å². The van der Waals surface area contributed by atoms with Crippen LogP contribution in [0.4, 0.5) is 5.69 Å². The van der Waals surface area contributed by atoms with Gasteiger partial charge in [0, 0.05) is 22.7 Å². The van der Waals surface area contributed by atoms with Gasteiger partial charge in [-0.1, -0.05) is 30.7 Å². The highest BCUT2D eigenvalue weighted by Crippen LogP contribution is 2.59. The van der Waals surface area contributed by atoms with E-state index in [9.17, 15) is 10.1 Å². The number of nitriles is 1. The largest absolute Gasteiger partial charge is 0.381 e. The Bertz CT molecular complexity index is 893. The molecule has 0 radical (unpaired) electrons. The van der Waals surface area contributed by atoms with Gasteiger partial charge in [0.05, 0.1) is 11.3 Å². The van der Waals surface area contributed by atoms with Crippen molar-refractivity contribution in [3.05, 3.63) is 64.7 Å². The molecule has 0 bridgehead atoms. The Hall–Kier alpha value is -2.51. The molecule has 2 aromatic rings. The fourth-order valence-electron chi connectivity index (χ4n) is 4.86. The Labute approximate surface area is 170 Å². The van der Waals surface area contributed by atoms with Gasteiger partial charge in [-0.25, -0.2) is 0 Å². The summed E-state index contributed by atoms with van der Waals surface area (Å²) in [4.78, 5) is 12.6. The molecule has 4 rings (SSSR count). The molecule has 2 N–H and O–H groups in total. The molecule has 0 aliphatic heterocycles. The van der Waals surface area contributed by atoms with Crippen LogP contribution in [-0.4, -0.2) is 18.0 Å². The summed E-state index contributed by atoms with van der Waals surface area (Å²) in [6.45, 7) is 2.14. The van der Waals surface area contributed by atoms with E-state index in [-0.39, 0.29) is 11.9 Å². The van der Waals surface area contributed by atoms with Crippen LogP contribution in [0, 0.1) is 29.1 Å². The normalized spacial score (nSPS) is 26.0. The number of amides is 1. The topological polar surface area (TPSA) is 64.9 Å². The van der Waals surface area contributed by atoms with Crippen LogP contribution in [0.3, 0.4) is 0 Å². The van der Waals surface area contributed by atoms with E-state index < -0.39 is 0 Å². The molecular weight excluding hydrogens is 370 g/mol. The van der Waals surface area contributed by atoms with Gasteiger partial charge in [0.25, 0.3) is 5.91 Å². The molecule has 144 valence electrons. The quantitative estimate of drug-likeness (QED) is 0.736. The van der Waals surface area contributed by atoms with E-state index in [0.29, 0.717) is 39.9 Å². The molecule has 2 fully saturated rings. The minimum Gasteiger partial charge on any atom is -0.381 e. The zero-order valence-corrected chi connectivity index (χ0v) is 16.6. The lowest BCUT2D eigenvalue weighted by atomic mass is 9.98. The van der Waals surface area contributed by atoms with E-state index in [4.69, 9.17) is 11.6 Å². The third kappa shape index (κ3) is 3.72. The van der Waals surface area contributed by atoms with Gasteiger partial charge in [0.2, 0.25) is 0 Å². The Morgan fingerprint density at radius 3 is 2.50 bits per heavy atom. The first-order valence-corrected chi connectivity index (χ1v) is 10.3. The predicted octanol–water partition coefficient (Wildman–Crippen LogP) is 4.86. The van der Waals surface area contributed by atoms with Crippen LogP contribution in [-0.2, 0) is 0 Å². The van der Waals surface area contributed by atoms with E-state index in [1.54, 1.807) is 24.3 Å². The smallest absolute Gasteiger partial charge is 0.251 e. The summed E-state index contributed by atoms with van der Waals surface area (Å²) in [5.41, 5.74) is 2.28. The molecule has 2 saturated carbocycles. The van der Waals surface area contributed by atoms with Gasteiger partial charge in [-0.3, -0.25) is 4.79 Å². The number of nitrogens with one attached hydrogen (secondary N) is 2. The monoisotopic (exact) mass is 393 g/mol. The van der Waals surface area contributed by atoms with Gasteiger partial charge in [-0.2, -0.15) is 5.26 Å². The van der Waals surface area contributed by atoms with Crippen LogP contribution in [0.15, 0.2) is 48.5 Å². The maximum atomic E-state index is 12.6. The first kappa shape index (κ1) is 18.8. The van der Waals surface area contributed by atoms with E-state index in [1.807, 2.05) is 24.3 Å². The lowest BCUT2D eigenvalue weighted by molar-refractivity contribution is 0.0927. The number of fused-ring (bicyclic) bond motifs is 1. The van der Waals surface area contributed by atoms with Gasteiger partial charge >= 0.3 is 0 Å². The number of para-hydroxylation sites is 1. The Morgan fingerprint density at radius 2 is 1.86 bits per heavy atom. The summed E-state index contributed by atoms with van der Waals surface area (Å²) in [5.74, 6) is 1.85. The van der Waals surface area contributed by atoms with Crippen molar-refractivity contribution in [2.24, 2.45) is 17.8 Å². The van der Waals surface area contributed by atoms with Crippen molar-refractivity contribution in [1.82, 2.24) is 5.32 Å². The minimum atomic E-state index is -0.0221. The van der Waals surface area contributed by atoms with Crippen LogP contribution >= 0.6 is 11.6 Å². The average molecular weight is 394 g/mol. The lowest BCUT2D eigenvalue weighted by Crippen LogP contribution is -2.38. The first-order valence-electron chi connectivity index (χ1n) is 9.92. The third-order valence-electron chi connectivity index (χ3n) is 6.25. The molecule has 5 heteroatoms. The molecule has 4 nitrogen and oxygen atoms in total. The van der Waals surface area contributed by atoms with Crippen molar-refractivity contribution < 1.29 is 4.79 Å². The van der Waals surface area contributed by atoms with Crippen molar-refractivity contribution in [1.29, 1.82) is 5.26 Å². The standard InChI is InChI=1S/C23H24ClN3O/c1-2-20(27-23(28)14-7-9-16(24)10-8-14)22-18-11-17(12-19(18)22)26-21-6-4-3-5-15(21)13-25/h3-10,17-20,22,26H,2,11-12H2,1H3,(H,27,28)/t17-,18-,19+,20-,22+/m1/s1. The predicted molar refractivity (Wildman–Crippen MR) is 111 cm³/mol. The highest BCUT2D eigenvalue weighted by atomic mass is 35.5. The second-order valence-electron chi connectivity index (χ2n) is 7.87. The number of carbonyl (C=O) groups is 1. The third-order valence-corrected chi connectivity index (χ3v) is 6.50. The summed E-state index contributed by atoms with van der Waals surface area (Å²) in [6.07, 6.45) is 3.14. The number of hydrogen-bond acceptors (Lipinski definition) is 3. The molecule has 0 heterocycles. The van der Waals surface area contributed by atoms with Crippen LogP contribution in [0.25, 0.3) is 0 Å². The highest BCUT2D eigenvalue weighted by molar-refractivity contribution is 6.30. The number of nitrogens with zero attached hydrogens (tertiary/aromatic N) is 1. The number of anilines is 1. The summed E-state index contributed by atoms with van der Waals surface area (Å²) in [6, 6.07) is 17.6. The van der Waals surface area contributed by atoms with Crippen molar-refractivity contribution in [2.75, 3.05) is 5.32 Å². The van der Waals surface area contributed by atoms with Gasteiger partial charge < -0.3 is 10.6 Å². The van der Waals surface area contributed by atoms with E-state index >= 15 is 0 Å². The van der Waals surface area contributed by atoms with Crippen molar-refractivity contribution in [2.45, 2.75) is 38.3 Å². The maximum Gasteiger partial charge on any atom is 0.251 e. The second-order valence-corrected chi connectivity index (χ2v) is 8.31. The van der Waals surface area contributed by atoms with Gasteiger partial charge in [0.1, 0.15) is 6.07 Å². The molecule has 2 aromatic carbocycles. The van der Waals surface area contributed by atoms with E-state index in [1.165, 1.54) is 0 Å². The molecule has 0 saturated heterocycles. The molecule has 0 unspecified atom stereocenters. The molecule has 1 amide bonds. The van der Waals surface area contributed by atoms with Crippen molar-refractivity contribution in [3.63, 3.8) is 0 Å². The number of hydrogen-bond donors (Lipinski definition) is 2. The first-order chi connectivity index (χ1) is 13.6. The number of halogens is 1. The minimum absolute atomic E-state index is 0.0221. The second kappa shape index (κ2) is 7.85. The van der Waals surface area contributed by atoms with Crippen LogP contribution in [0.5, 0.6) is 0 Å². The lowest BCUT2D eigenvalue weighted by Gasteiger charge is -2.23. The number of carbonyl (C=O) groups excluding carboxylic acids is 1. The number of benzene rings is 2. The number of rotatable bonds is 6. The van der Waals surface area contributed by atoms with Crippen molar-refractivity contribution >= 4 is 23.2 Å². The summed E-state index contributed by atoms with van der Waals surface area (Å²) in [5, 5.41) is 16.7. The molecule has 0 aromatic heterocycles.